The summed E-state index contributed by atoms with van der Waals surface area (Å²) >= 11 is 0. The van der Waals surface area contributed by atoms with Crippen LogP contribution in [0.5, 0.6) is 0 Å². The number of hydrogen-bond donors (Lipinski definition) is 1. The van der Waals surface area contributed by atoms with E-state index in [0.717, 1.165) is 25.6 Å². The maximum atomic E-state index is 5.04. The quantitative estimate of drug-likeness (QED) is 0.687. The van der Waals surface area contributed by atoms with Crippen molar-refractivity contribution in [2.75, 3.05) is 20.3 Å². The molecule has 1 saturated carbocycles. The maximum Gasteiger partial charge on any atom is 0.0474 e. The van der Waals surface area contributed by atoms with Crippen molar-refractivity contribution in [3.63, 3.8) is 0 Å². The third kappa shape index (κ3) is 5.61. The lowest BCUT2D eigenvalue weighted by atomic mass is 9.97. The average molecular weight is 199 g/mol. The Morgan fingerprint density at radius 3 is 2.36 bits per heavy atom. The molecule has 0 heterocycles. The molecule has 0 unspecified atom stereocenters. The van der Waals surface area contributed by atoms with Crippen LogP contribution in [0.25, 0.3) is 0 Å². The van der Waals surface area contributed by atoms with Crippen molar-refractivity contribution in [1.82, 2.24) is 5.32 Å². The topological polar surface area (TPSA) is 21.3 Å². The van der Waals surface area contributed by atoms with Crippen LogP contribution in [0, 0.1) is 0 Å². The van der Waals surface area contributed by atoms with Crippen molar-refractivity contribution in [3.8, 4) is 0 Å². The fourth-order valence-corrected chi connectivity index (χ4v) is 2.18. The van der Waals surface area contributed by atoms with Gasteiger partial charge in [-0.05, 0) is 25.8 Å². The van der Waals surface area contributed by atoms with E-state index in [4.69, 9.17) is 4.74 Å². The largest absolute Gasteiger partial charge is 0.385 e. The van der Waals surface area contributed by atoms with Gasteiger partial charge < -0.3 is 10.1 Å². The minimum absolute atomic E-state index is 0.784. The van der Waals surface area contributed by atoms with Crippen LogP contribution in [0.3, 0.4) is 0 Å². The monoisotopic (exact) mass is 199 g/mol. The third-order valence-electron chi connectivity index (χ3n) is 3.06. The molecule has 0 aliphatic heterocycles. The molecule has 2 nitrogen and oxygen atoms in total. The Kier molecular flexibility index (Phi) is 7.06. The molecule has 0 aromatic rings. The van der Waals surface area contributed by atoms with Crippen LogP contribution >= 0.6 is 0 Å². The van der Waals surface area contributed by atoms with Gasteiger partial charge in [-0.15, -0.1) is 0 Å². The van der Waals surface area contributed by atoms with Crippen LogP contribution in [0.15, 0.2) is 0 Å². The molecule has 0 bridgehead atoms. The SMILES string of the molecule is COCCCNC1CCCCCCC1. The van der Waals surface area contributed by atoms with E-state index in [2.05, 4.69) is 5.32 Å². The summed E-state index contributed by atoms with van der Waals surface area (Å²) in [6, 6.07) is 0.784. The van der Waals surface area contributed by atoms with Crippen LogP contribution < -0.4 is 5.32 Å². The van der Waals surface area contributed by atoms with E-state index in [-0.39, 0.29) is 0 Å². The molecular formula is C12H25NO. The number of ether oxygens (including phenoxy) is 1. The Bertz CT molecular complexity index is 119. The second-order valence-electron chi connectivity index (χ2n) is 4.34. The van der Waals surface area contributed by atoms with E-state index in [9.17, 15) is 0 Å². The molecule has 0 amide bonds. The molecule has 0 spiro atoms. The molecule has 1 aliphatic rings. The lowest BCUT2D eigenvalue weighted by molar-refractivity contribution is 0.192. The Morgan fingerprint density at radius 1 is 1.07 bits per heavy atom. The van der Waals surface area contributed by atoms with Crippen molar-refractivity contribution < 1.29 is 4.74 Å². The standard InChI is InChI=1S/C12H25NO/c1-14-11-7-10-13-12-8-5-3-2-4-6-9-12/h12-13H,2-11H2,1H3. The summed E-state index contributed by atoms with van der Waals surface area (Å²) in [6.07, 6.45) is 11.1. The van der Waals surface area contributed by atoms with E-state index >= 15 is 0 Å². The Hall–Kier alpha value is -0.0800. The third-order valence-corrected chi connectivity index (χ3v) is 3.06. The highest BCUT2D eigenvalue weighted by Gasteiger charge is 2.09. The van der Waals surface area contributed by atoms with Gasteiger partial charge in [0.1, 0.15) is 0 Å². The predicted molar refractivity (Wildman–Crippen MR) is 60.6 cm³/mol. The molecule has 1 aliphatic carbocycles. The molecule has 0 aromatic carbocycles. The highest BCUT2D eigenvalue weighted by molar-refractivity contribution is 4.69. The van der Waals surface area contributed by atoms with Gasteiger partial charge in [0.15, 0.2) is 0 Å². The molecule has 1 N–H and O–H groups in total. The normalized spacial score (nSPS) is 20.4. The predicted octanol–water partition coefficient (Wildman–Crippen LogP) is 2.73. The van der Waals surface area contributed by atoms with Gasteiger partial charge in [0.2, 0.25) is 0 Å². The van der Waals surface area contributed by atoms with Crippen molar-refractivity contribution in [2.45, 2.75) is 57.4 Å². The first-order valence-corrected chi connectivity index (χ1v) is 6.16. The van der Waals surface area contributed by atoms with Crippen molar-refractivity contribution in [3.05, 3.63) is 0 Å². The van der Waals surface area contributed by atoms with Gasteiger partial charge in [-0.1, -0.05) is 32.1 Å². The first kappa shape index (κ1) is 12.0. The van der Waals surface area contributed by atoms with E-state index in [1.807, 2.05) is 0 Å². The number of nitrogens with one attached hydrogen (secondary N) is 1. The van der Waals surface area contributed by atoms with Crippen LogP contribution in [0.4, 0.5) is 0 Å². The van der Waals surface area contributed by atoms with Gasteiger partial charge in [0, 0.05) is 19.8 Å². The number of methoxy groups -OCH3 is 1. The molecule has 0 radical (unpaired) electrons. The molecule has 84 valence electrons. The summed E-state index contributed by atoms with van der Waals surface area (Å²) in [5, 5.41) is 3.64. The number of hydrogen-bond acceptors (Lipinski definition) is 2. The maximum absolute atomic E-state index is 5.04. The van der Waals surface area contributed by atoms with Crippen LogP contribution in [-0.4, -0.2) is 26.3 Å². The summed E-state index contributed by atoms with van der Waals surface area (Å²) in [5.41, 5.74) is 0. The lowest BCUT2D eigenvalue weighted by Gasteiger charge is -2.20. The van der Waals surface area contributed by atoms with Crippen LogP contribution in [0.2, 0.25) is 0 Å². The fourth-order valence-electron chi connectivity index (χ4n) is 2.18. The molecule has 1 fully saturated rings. The van der Waals surface area contributed by atoms with Gasteiger partial charge in [0.05, 0.1) is 0 Å². The van der Waals surface area contributed by atoms with Crippen LogP contribution in [-0.2, 0) is 4.74 Å². The molecule has 1 rings (SSSR count). The molecular weight excluding hydrogens is 174 g/mol. The Morgan fingerprint density at radius 2 is 1.71 bits per heavy atom. The minimum atomic E-state index is 0.784. The van der Waals surface area contributed by atoms with Gasteiger partial charge >= 0.3 is 0 Å². The summed E-state index contributed by atoms with van der Waals surface area (Å²) in [7, 11) is 1.77. The van der Waals surface area contributed by atoms with E-state index in [1.54, 1.807) is 7.11 Å². The van der Waals surface area contributed by atoms with Crippen molar-refractivity contribution >= 4 is 0 Å². The van der Waals surface area contributed by atoms with Crippen molar-refractivity contribution in [1.29, 1.82) is 0 Å². The summed E-state index contributed by atoms with van der Waals surface area (Å²) in [6.45, 7) is 2.01. The zero-order chi connectivity index (χ0) is 10.1. The zero-order valence-electron chi connectivity index (χ0n) is 9.56. The first-order valence-electron chi connectivity index (χ1n) is 6.16. The molecule has 0 saturated heterocycles. The number of rotatable bonds is 5. The highest BCUT2D eigenvalue weighted by Crippen LogP contribution is 2.16. The van der Waals surface area contributed by atoms with Crippen LogP contribution in [0.1, 0.15) is 51.4 Å². The molecule has 2 heteroatoms. The second-order valence-corrected chi connectivity index (χ2v) is 4.34. The summed E-state index contributed by atoms with van der Waals surface area (Å²) in [4.78, 5) is 0. The lowest BCUT2D eigenvalue weighted by Crippen LogP contribution is -2.31. The van der Waals surface area contributed by atoms with E-state index in [1.165, 1.54) is 44.9 Å². The molecule has 0 aromatic heterocycles. The van der Waals surface area contributed by atoms with E-state index < -0.39 is 0 Å². The molecule has 0 atom stereocenters. The van der Waals surface area contributed by atoms with Gasteiger partial charge in [-0.25, -0.2) is 0 Å². The van der Waals surface area contributed by atoms with Gasteiger partial charge in [0.25, 0.3) is 0 Å². The van der Waals surface area contributed by atoms with E-state index in [0.29, 0.717) is 0 Å². The fraction of sp³-hybridized carbons (Fsp3) is 1.00. The summed E-state index contributed by atoms with van der Waals surface area (Å²) < 4.78 is 5.04. The highest BCUT2D eigenvalue weighted by atomic mass is 16.5. The molecule has 14 heavy (non-hydrogen) atoms. The second kappa shape index (κ2) is 8.25. The zero-order valence-corrected chi connectivity index (χ0v) is 9.56. The van der Waals surface area contributed by atoms with Gasteiger partial charge in [-0.3, -0.25) is 0 Å². The minimum Gasteiger partial charge on any atom is -0.385 e. The Labute approximate surface area is 88.4 Å². The average Bonchev–Trinajstić information content (AvgIpc) is 2.15. The van der Waals surface area contributed by atoms with Crippen molar-refractivity contribution in [2.24, 2.45) is 0 Å². The summed E-state index contributed by atoms with van der Waals surface area (Å²) in [5.74, 6) is 0. The van der Waals surface area contributed by atoms with Gasteiger partial charge in [-0.2, -0.15) is 0 Å². The smallest absolute Gasteiger partial charge is 0.0474 e. The first-order chi connectivity index (χ1) is 6.93. The Balaban J connectivity index is 2.02.